The molecular weight excluding hydrogens is 182 g/mol. The maximum absolute atomic E-state index is 11.2. The van der Waals surface area contributed by atoms with Gasteiger partial charge in [-0.15, -0.1) is 0 Å². The van der Waals surface area contributed by atoms with Gasteiger partial charge in [0.25, 0.3) is 0 Å². The number of pyridine rings is 1. The van der Waals surface area contributed by atoms with Gasteiger partial charge in [-0.3, -0.25) is 9.78 Å². The normalized spacial score (nSPS) is 21.0. The molecule has 1 atom stereocenters. The number of carbonyl (C=O) groups is 1. The predicted molar refractivity (Wildman–Crippen MR) is 49.5 cm³/mol. The zero-order chi connectivity index (χ0) is 10.3. The molecule has 4 heteroatoms. The number of carbonyl (C=O) groups excluding carboxylic acids is 1. The van der Waals surface area contributed by atoms with Crippen LogP contribution in [0.5, 0.6) is 0 Å². The van der Waals surface area contributed by atoms with Gasteiger partial charge in [0.15, 0.2) is 6.10 Å². The van der Waals surface area contributed by atoms with Crippen molar-refractivity contribution in [2.24, 2.45) is 0 Å². The minimum absolute atomic E-state index is 0.197. The fourth-order valence-corrected chi connectivity index (χ4v) is 1.44. The van der Waals surface area contributed by atoms with Crippen LogP contribution < -0.4 is 0 Å². The summed E-state index contributed by atoms with van der Waals surface area (Å²) in [4.78, 5) is 15.2. The van der Waals surface area contributed by atoms with Gasteiger partial charge in [-0.05, 0) is 24.6 Å². The smallest absolute Gasteiger partial charge is 0.203 e. The molecule has 0 radical (unpaired) electrons. The Labute approximate surface area is 80.5 Å². The van der Waals surface area contributed by atoms with Crippen LogP contribution in [-0.4, -0.2) is 27.1 Å². The summed E-state index contributed by atoms with van der Waals surface area (Å²) < 4.78 is 0. The first-order chi connectivity index (χ1) is 6.61. The highest BCUT2D eigenvalue weighted by Crippen LogP contribution is 2.31. The monoisotopic (exact) mass is 191 g/mol. The fourth-order valence-electron chi connectivity index (χ4n) is 1.44. The number of aromatic nitrogens is 1. The van der Waals surface area contributed by atoms with Crippen LogP contribution in [0.25, 0.3) is 5.57 Å². The number of hydrogen-bond acceptors (Lipinski definition) is 4. The van der Waals surface area contributed by atoms with Gasteiger partial charge in [-0.2, -0.15) is 0 Å². The third-order valence-corrected chi connectivity index (χ3v) is 2.20. The molecule has 1 unspecified atom stereocenters. The maximum Gasteiger partial charge on any atom is 0.203 e. The van der Waals surface area contributed by atoms with Crippen molar-refractivity contribution in [1.82, 2.24) is 4.98 Å². The van der Waals surface area contributed by atoms with Crippen molar-refractivity contribution in [1.29, 1.82) is 0 Å². The number of aryl methyl sites for hydroxylation is 1. The molecule has 0 fully saturated rings. The molecule has 2 N–H and O–H groups in total. The largest absolute Gasteiger partial charge is 0.508 e. The Bertz CT molecular complexity index is 437. The molecule has 4 nitrogen and oxygen atoms in total. The molecule has 0 aliphatic heterocycles. The lowest BCUT2D eigenvalue weighted by atomic mass is 9.86. The second kappa shape index (κ2) is 2.92. The zero-order valence-corrected chi connectivity index (χ0v) is 7.56. The lowest BCUT2D eigenvalue weighted by Gasteiger charge is -2.23. The average molecular weight is 191 g/mol. The number of nitrogens with zero attached hydrogens (tertiary/aromatic N) is 1. The molecule has 1 aromatic heterocycles. The molecule has 0 amide bonds. The summed E-state index contributed by atoms with van der Waals surface area (Å²) in [7, 11) is 0. The van der Waals surface area contributed by atoms with Crippen LogP contribution in [0.2, 0.25) is 0 Å². The molecule has 2 rings (SSSR count). The van der Waals surface area contributed by atoms with Crippen molar-refractivity contribution < 1.29 is 15.0 Å². The van der Waals surface area contributed by atoms with E-state index in [2.05, 4.69) is 4.98 Å². The van der Waals surface area contributed by atoms with Crippen LogP contribution in [0, 0.1) is 6.92 Å². The summed E-state index contributed by atoms with van der Waals surface area (Å²) in [6, 6.07) is 3.32. The molecule has 1 heterocycles. The highest BCUT2D eigenvalue weighted by Gasteiger charge is 2.38. The first kappa shape index (κ1) is 8.90. The third-order valence-electron chi connectivity index (χ3n) is 2.20. The first-order valence-electron chi connectivity index (χ1n) is 4.19. The van der Waals surface area contributed by atoms with E-state index in [0.717, 1.165) is 5.69 Å². The van der Waals surface area contributed by atoms with Crippen molar-refractivity contribution in [2.45, 2.75) is 13.0 Å². The predicted octanol–water partition coefficient (Wildman–Crippen LogP) is 0.603. The summed E-state index contributed by atoms with van der Waals surface area (Å²) in [6.45, 7) is 1.79. The fraction of sp³-hybridized carbons (Fsp3) is 0.200. The Morgan fingerprint density at radius 3 is 2.79 bits per heavy atom. The number of Topliss-reactive ketones (excluding diaryl/α,β-unsaturated/α-hetero) is 1. The van der Waals surface area contributed by atoms with Crippen LogP contribution in [0.15, 0.2) is 24.1 Å². The van der Waals surface area contributed by atoms with E-state index < -0.39 is 11.9 Å². The third kappa shape index (κ3) is 1.12. The van der Waals surface area contributed by atoms with E-state index in [-0.39, 0.29) is 11.3 Å². The minimum atomic E-state index is -1.33. The Kier molecular flexibility index (Phi) is 1.86. The molecule has 1 aliphatic carbocycles. The van der Waals surface area contributed by atoms with Crippen molar-refractivity contribution >= 4 is 11.4 Å². The molecular formula is C10H9NO3. The molecule has 0 saturated heterocycles. The zero-order valence-electron chi connectivity index (χ0n) is 7.56. The van der Waals surface area contributed by atoms with Crippen molar-refractivity contribution in [3.05, 3.63) is 35.3 Å². The van der Waals surface area contributed by atoms with E-state index in [1.165, 1.54) is 0 Å². The molecule has 0 spiro atoms. The maximum atomic E-state index is 11.2. The van der Waals surface area contributed by atoms with Gasteiger partial charge in [-0.25, -0.2) is 0 Å². The molecule has 1 aliphatic rings. The highest BCUT2D eigenvalue weighted by atomic mass is 16.3. The lowest BCUT2D eigenvalue weighted by Crippen LogP contribution is -2.35. The molecule has 0 bridgehead atoms. The van der Waals surface area contributed by atoms with Gasteiger partial charge in [0.2, 0.25) is 5.78 Å². The van der Waals surface area contributed by atoms with Crippen LogP contribution >= 0.6 is 0 Å². The van der Waals surface area contributed by atoms with Crippen molar-refractivity contribution in [2.75, 3.05) is 0 Å². The molecule has 0 saturated carbocycles. The van der Waals surface area contributed by atoms with Crippen LogP contribution in [-0.2, 0) is 4.79 Å². The molecule has 1 aromatic rings. The van der Waals surface area contributed by atoms with Gasteiger partial charge in [0.05, 0.1) is 5.57 Å². The summed E-state index contributed by atoms with van der Waals surface area (Å²) in [6.07, 6.45) is 0.224. The van der Waals surface area contributed by atoms with Crippen LogP contribution in [0.1, 0.15) is 11.3 Å². The number of aliphatic hydroxyl groups is 2. The van der Waals surface area contributed by atoms with Gasteiger partial charge in [-0.1, -0.05) is 0 Å². The molecule has 14 heavy (non-hydrogen) atoms. The number of rotatable bonds is 1. The van der Waals surface area contributed by atoms with Crippen LogP contribution in [0.4, 0.5) is 0 Å². The Morgan fingerprint density at radius 1 is 1.50 bits per heavy atom. The van der Waals surface area contributed by atoms with Gasteiger partial charge in [0.1, 0.15) is 5.76 Å². The van der Waals surface area contributed by atoms with Gasteiger partial charge in [0, 0.05) is 11.9 Å². The number of ketones is 1. The summed E-state index contributed by atoms with van der Waals surface area (Å²) in [5.74, 6) is -0.686. The Morgan fingerprint density at radius 2 is 2.21 bits per heavy atom. The summed E-state index contributed by atoms with van der Waals surface area (Å²) in [5.41, 5.74) is 1.56. The highest BCUT2D eigenvalue weighted by molar-refractivity contribution is 6.31. The first-order valence-corrected chi connectivity index (χ1v) is 4.19. The van der Waals surface area contributed by atoms with E-state index in [4.69, 9.17) is 5.11 Å². The van der Waals surface area contributed by atoms with E-state index in [0.29, 0.717) is 5.56 Å². The molecule has 72 valence electrons. The summed E-state index contributed by atoms with van der Waals surface area (Å²) in [5, 5.41) is 18.3. The quantitative estimate of drug-likeness (QED) is 0.682. The Hall–Kier alpha value is -1.68. The van der Waals surface area contributed by atoms with Gasteiger partial charge >= 0.3 is 0 Å². The second-order valence-corrected chi connectivity index (χ2v) is 3.21. The van der Waals surface area contributed by atoms with Crippen LogP contribution in [0.3, 0.4) is 0 Å². The van der Waals surface area contributed by atoms with Crippen molar-refractivity contribution in [3.8, 4) is 0 Å². The van der Waals surface area contributed by atoms with E-state index in [1.54, 1.807) is 25.3 Å². The van der Waals surface area contributed by atoms with Gasteiger partial charge < -0.3 is 10.2 Å². The average Bonchev–Trinajstić information content (AvgIpc) is 2.18. The van der Waals surface area contributed by atoms with E-state index >= 15 is 0 Å². The standard InChI is InChI=1S/C10H9NO3/c1-5-4-6(2-3-11-5)7-8(12)10(14)9(7)13/h2-4,10,12,14H,1H3. The topological polar surface area (TPSA) is 70.4 Å². The van der Waals surface area contributed by atoms with Crippen molar-refractivity contribution in [3.63, 3.8) is 0 Å². The minimum Gasteiger partial charge on any atom is -0.508 e. The molecule has 0 aromatic carbocycles. The summed E-state index contributed by atoms with van der Waals surface area (Å²) >= 11 is 0. The van der Waals surface area contributed by atoms with E-state index in [1.807, 2.05) is 0 Å². The lowest BCUT2D eigenvalue weighted by molar-refractivity contribution is -0.123. The SMILES string of the molecule is Cc1cc(C2=C(O)C(O)C2=O)ccn1. The van der Waals surface area contributed by atoms with E-state index in [9.17, 15) is 9.90 Å². The second-order valence-electron chi connectivity index (χ2n) is 3.21. The number of aliphatic hydroxyl groups excluding tert-OH is 2. The Balaban J connectivity index is 2.48. The number of hydrogen-bond donors (Lipinski definition) is 2.